The number of rotatable bonds is 10. The van der Waals surface area contributed by atoms with Crippen molar-refractivity contribution < 1.29 is 4.79 Å². The number of hydrogen-bond acceptors (Lipinski definition) is 7. The van der Waals surface area contributed by atoms with Crippen LogP contribution < -0.4 is 27.7 Å². The molecule has 0 unspecified atom stereocenters. The second-order valence-electron chi connectivity index (χ2n) is 7.51. The lowest BCUT2D eigenvalue weighted by Gasteiger charge is -2.24. The van der Waals surface area contributed by atoms with Crippen LogP contribution in [0.15, 0.2) is 51.3 Å². The molecule has 176 valence electrons. The van der Waals surface area contributed by atoms with Crippen molar-refractivity contribution >= 4 is 29.2 Å². The molecule has 3 aromatic rings. The minimum atomic E-state index is -0.675. The summed E-state index contributed by atoms with van der Waals surface area (Å²) in [5.41, 5.74) is 6.54. The van der Waals surface area contributed by atoms with Gasteiger partial charge in [0.2, 0.25) is 5.91 Å². The van der Waals surface area contributed by atoms with Crippen molar-refractivity contribution in [3.05, 3.63) is 57.4 Å². The summed E-state index contributed by atoms with van der Waals surface area (Å²) in [5.74, 6) is 5.71. The maximum atomic E-state index is 13.2. The average molecular weight is 472 g/mol. The molecular formula is C22H29N7O3S. The van der Waals surface area contributed by atoms with Gasteiger partial charge in [0.25, 0.3) is 5.56 Å². The zero-order valence-electron chi connectivity index (χ0n) is 18.8. The van der Waals surface area contributed by atoms with E-state index in [1.807, 2.05) is 44.2 Å². The van der Waals surface area contributed by atoms with E-state index in [0.29, 0.717) is 36.8 Å². The Morgan fingerprint density at radius 3 is 2.58 bits per heavy atom. The normalized spacial score (nSPS) is 11.0. The van der Waals surface area contributed by atoms with Gasteiger partial charge in [0.05, 0.1) is 17.6 Å². The first-order valence-corrected chi connectivity index (χ1v) is 11.8. The molecule has 3 rings (SSSR count). The summed E-state index contributed by atoms with van der Waals surface area (Å²) in [5, 5.41) is 0.468. The molecule has 0 bridgehead atoms. The fourth-order valence-electron chi connectivity index (χ4n) is 3.40. The first kappa shape index (κ1) is 24.2. The molecule has 0 radical (unpaired) electrons. The van der Waals surface area contributed by atoms with Crippen molar-refractivity contribution in [1.82, 2.24) is 19.2 Å². The minimum Gasteiger partial charge on any atom is -0.383 e. The lowest BCUT2D eigenvalue weighted by atomic mass is 10.2. The fraction of sp³-hybridized carbons (Fsp3) is 0.364. The first-order valence-electron chi connectivity index (χ1n) is 10.8. The highest BCUT2D eigenvalue weighted by Crippen LogP contribution is 2.24. The van der Waals surface area contributed by atoms with Crippen molar-refractivity contribution in [2.24, 2.45) is 0 Å². The van der Waals surface area contributed by atoms with Crippen molar-refractivity contribution in [1.29, 1.82) is 0 Å². The van der Waals surface area contributed by atoms with Gasteiger partial charge < -0.3 is 16.5 Å². The van der Waals surface area contributed by atoms with Crippen LogP contribution in [0, 0.1) is 0 Å². The predicted octanol–water partition coefficient (Wildman–Crippen LogP) is 2.03. The van der Waals surface area contributed by atoms with Crippen LogP contribution in [0.4, 0.5) is 11.5 Å². The number of nitrogens with one attached hydrogen (secondary N) is 1. The highest BCUT2D eigenvalue weighted by Gasteiger charge is 2.24. The van der Waals surface area contributed by atoms with Crippen LogP contribution in [0.2, 0.25) is 0 Å². The van der Waals surface area contributed by atoms with Gasteiger partial charge in [-0.25, -0.2) is 14.5 Å². The number of amides is 1. The second kappa shape index (κ2) is 10.9. The Balaban J connectivity index is 1.86. The quantitative estimate of drug-likeness (QED) is 0.303. The van der Waals surface area contributed by atoms with Crippen molar-refractivity contribution in [2.45, 2.75) is 44.8 Å². The molecule has 0 aliphatic rings. The van der Waals surface area contributed by atoms with E-state index in [1.165, 1.54) is 25.9 Å². The molecule has 5 N–H and O–H groups in total. The van der Waals surface area contributed by atoms with Crippen molar-refractivity contribution in [3.8, 4) is 11.3 Å². The van der Waals surface area contributed by atoms with Gasteiger partial charge in [-0.05, 0) is 12.8 Å². The van der Waals surface area contributed by atoms with Crippen LogP contribution in [0.25, 0.3) is 11.3 Å². The molecule has 10 nitrogen and oxygen atoms in total. The Labute approximate surface area is 195 Å². The molecule has 0 spiro atoms. The number of carbonyl (C=O) groups excluding carboxylic acids is 1. The number of nitrogen functional groups attached to an aromatic ring is 2. The number of carbonyl (C=O) groups is 1. The van der Waals surface area contributed by atoms with E-state index >= 15 is 0 Å². The largest absolute Gasteiger partial charge is 0.383 e. The Bertz CT molecular complexity index is 1220. The third-order valence-corrected chi connectivity index (χ3v) is 6.01. The molecule has 33 heavy (non-hydrogen) atoms. The summed E-state index contributed by atoms with van der Waals surface area (Å²) in [4.78, 5) is 46.2. The number of H-pyrrole nitrogens is 1. The maximum Gasteiger partial charge on any atom is 0.330 e. The number of benzene rings is 1. The van der Waals surface area contributed by atoms with Crippen molar-refractivity contribution in [2.75, 3.05) is 28.8 Å². The second-order valence-corrected chi connectivity index (χ2v) is 8.46. The van der Waals surface area contributed by atoms with Crippen LogP contribution in [0.1, 0.15) is 33.1 Å². The van der Waals surface area contributed by atoms with Gasteiger partial charge in [0.1, 0.15) is 5.82 Å². The molecule has 11 heteroatoms. The molecule has 0 fully saturated rings. The number of thioether (sulfide) groups is 1. The highest BCUT2D eigenvalue weighted by molar-refractivity contribution is 7.99. The lowest BCUT2D eigenvalue weighted by Crippen LogP contribution is -2.42. The van der Waals surface area contributed by atoms with Crippen LogP contribution in [0.3, 0.4) is 0 Å². The van der Waals surface area contributed by atoms with E-state index in [2.05, 4.69) is 9.97 Å². The zero-order valence-corrected chi connectivity index (χ0v) is 19.6. The molecule has 2 heterocycles. The first-order chi connectivity index (χ1) is 15.9. The number of unbranched alkanes of at least 4 members (excludes halogenated alkanes) is 1. The highest BCUT2D eigenvalue weighted by atomic mass is 32.2. The van der Waals surface area contributed by atoms with E-state index in [1.54, 1.807) is 6.20 Å². The smallest absolute Gasteiger partial charge is 0.330 e. The molecule has 0 saturated heterocycles. The summed E-state index contributed by atoms with van der Waals surface area (Å²) in [6.07, 6.45) is 3.83. The van der Waals surface area contributed by atoms with Crippen LogP contribution in [-0.2, 0) is 11.3 Å². The maximum absolute atomic E-state index is 13.2. The Morgan fingerprint density at radius 1 is 1.18 bits per heavy atom. The lowest BCUT2D eigenvalue weighted by molar-refractivity contribution is -0.116. The van der Waals surface area contributed by atoms with E-state index in [9.17, 15) is 14.4 Å². The molecular weight excluding hydrogens is 442 g/mol. The molecule has 1 aromatic carbocycles. The molecule has 2 aromatic heterocycles. The number of aromatic nitrogens is 4. The predicted molar refractivity (Wildman–Crippen MR) is 132 cm³/mol. The molecule has 0 atom stereocenters. The minimum absolute atomic E-state index is 0.00204. The number of nitrogens with two attached hydrogens (primary N) is 2. The fourth-order valence-corrected chi connectivity index (χ4v) is 4.17. The topological polar surface area (TPSA) is 145 Å². The summed E-state index contributed by atoms with van der Waals surface area (Å²) in [6, 6.07) is 9.59. The average Bonchev–Trinajstić information content (AvgIpc) is 3.18. The van der Waals surface area contributed by atoms with E-state index in [4.69, 9.17) is 11.6 Å². The van der Waals surface area contributed by atoms with E-state index in [-0.39, 0.29) is 23.2 Å². The summed E-state index contributed by atoms with van der Waals surface area (Å²) < 4.78 is 2.66. The van der Waals surface area contributed by atoms with Crippen LogP contribution >= 0.6 is 11.8 Å². The molecule has 0 saturated carbocycles. The standard InChI is InChI=1S/C22H29N7O3S/c1-3-5-12-27(18-19(23)28(11-4-2)21(32)26-20(18)31)17(30)14-33-22-25-16(13-29(22)24)15-9-7-6-8-10-15/h6-10,13H,3-5,11-12,14,23-24H2,1-2H3,(H,26,31,32). The van der Waals surface area contributed by atoms with Crippen LogP contribution in [-0.4, -0.2) is 37.4 Å². The van der Waals surface area contributed by atoms with Gasteiger partial charge in [-0.3, -0.25) is 19.1 Å². The number of aromatic amines is 1. The monoisotopic (exact) mass is 471 g/mol. The van der Waals surface area contributed by atoms with Gasteiger partial charge in [-0.15, -0.1) is 0 Å². The van der Waals surface area contributed by atoms with Gasteiger partial charge in [0, 0.05) is 18.7 Å². The van der Waals surface area contributed by atoms with Crippen LogP contribution in [0.5, 0.6) is 0 Å². The zero-order chi connectivity index (χ0) is 24.0. The third-order valence-electron chi connectivity index (χ3n) is 5.06. The number of nitrogens with zero attached hydrogens (tertiary/aromatic N) is 4. The summed E-state index contributed by atoms with van der Waals surface area (Å²) in [6.45, 7) is 4.52. The Morgan fingerprint density at radius 2 is 1.91 bits per heavy atom. The third kappa shape index (κ3) is 5.48. The van der Waals surface area contributed by atoms with E-state index < -0.39 is 11.2 Å². The Kier molecular flexibility index (Phi) is 7.99. The number of imidazole rings is 1. The summed E-state index contributed by atoms with van der Waals surface area (Å²) in [7, 11) is 0. The molecule has 1 amide bonds. The Hall–Kier alpha value is -3.47. The summed E-state index contributed by atoms with van der Waals surface area (Å²) >= 11 is 1.17. The van der Waals surface area contributed by atoms with Gasteiger partial charge >= 0.3 is 5.69 Å². The molecule has 0 aliphatic carbocycles. The number of hydrogen-bond donors (Lipinski definition) is 3. The van der Waals surface area contributed by atoms with Gasteiger partial charge in [-0.1, -0.05) is 62.4 Å². The number of anilines is 2. The molecule has 0 aliphatic heterocycles. The van der Waals surface area contributed by atoms with Gasteiger partial charge in [0.15, 0.2) is 10.8 Å². The SMILES string of the molecule is CCCCN(C(=O)CSc1nc(-c2ccccc2)cn1N)c1c(N)n(CCC)c(=O)[nH]c1=O. The van der Waals surface area contributed by atoms with E-state index in [0.717, 1.165) is 12.0 Å². The van der Waals surface area contributed by atoms with Gasteiger partial charge in [-0.2, -0.15) is 0 Å². The van der Waals surface area contributed by atoms with Crippen molar-refractivity contribution in [3.63, 3.8) is 0 Å².